The quantitative estimate of drug-likeness (QED) is 0.739. The lowest BCUT2D eigenvalue weighted by Crippen LogP contribution is -2.46. The average molecular weight is 415 g/mol. The normalized spacial score (nSPS) is 26.3. The van der Waals surface area contributed by atoms with Crippen LogP contribution in [0, 0.1) is 17.1 Å². The molecule has 3 heterocycles. The number of hydrogen-bond acceptors (Lipinski definition) is 6. The van der Waals surface area contributed by atoms with Gasteiger partial charge >= 0.3 is 6.09 Å². The second kappa shape index (κ2) is 8.11. The van der Waals surface area contributed by atoms with Gasteiger partial charge in [0.2, 0.25) is 5.91 Å². The molecule has 9 heteroatoms. The predicted molar refractivity (Wildman–Crippen MR) is 109 cm³/mol. The van der Waals surface area contributed by atoms with Crippen molar-refractivity contribution in [1.82, 2.24) is 10.2 Å². The third kappa shape index (κ3) is 3.79. The Bertz CT molecular complexity index is 888. The summed E-state index contributed by atoms with van der Waals surface area (Å²) in [6.07, 6.45) is 2.00. The topological polar surface area (TPSA) is 88.9 Å². The minimum Gasteiger partial charge on any atom is -0.442 e. The van der Waals surface area contributed by atoms with Crippen molar-refractivity contribution in [2.24, 2.45) is 0 Å². The standard InChI is InChI=1S/C21H26FN5O3/c1-15(28)24-12-17-13-27(20(29)30-17)16-3-4-19(18(22)11-16)25-9-6-21(14-25)5-2-8-26(21)10-7-23/h3-4,11,17H,2,5-6,8-10,12-14H2,1H3,(H,24,28)/t17-,21?/m0/s1. The predicted octanol–water partition coefficient (Wildman–Crippen LogP) is 1.86. The summed E-state index contributed by atoms with van der Waals surface area (Å²) in [7, 11) is 0. The molecule has 0 bridgehead atoms. The molecule has 1 spiro atoms. The van der Waals surface area contributed by atoms with E-state index in [2.05, 4.69) is 16.3 Å². The van der Waals surface area contributed by atoms with Crippen LogP contribution in [0.5, 0.6) is 0 Å². The summed E-state index contributed by atoms with van der Waals surface area (Å²) in [6, 6.07) is 7.05. The van der Waals surface area contributed by atoms with Gasteiger partial charge in [-0.1, -0.05) is 0 Å². The first-order valence-electron chi connectivity index (χ1n) is 10.3. The van der Waals surface area contributed by atoms with Crippen LogP contribution in [0.1, 0.15) is 26.2 Å². The average Bonchev–Trinajstić information content (AvgIpc) is 3.41. The van der Waals surface area contributed by atoms with Gasteiger partial charge in [0.25, 0.3) is 0 Å². The SMILES string of the molecule is CC(=O)NC[C@H]1CN(c2ccc(N3CCC4(CCCN4CC#N)C3)c(F)c2)C(=O)O1. The summed E-state index contributed by atoms with van der Waals surface area (Å²) in [6.45, 7) is 4.65. The molecule has 0 saturated carbocycles. The maximum atomic E-state index is 15.0. The molecule has 0 radical (unpaired) electrons. The fraction of sp³-hybridized carbons (Fsp3) is 0.571. The molecule has 1 aromatic carbocycles. The number of rotatable bonds is 5. The Labute approximate surface area is 175 Å². The molecule has 3 aliphatic rings. The molecule has 3 aliphatic heterocycles. The lowest BCUT2D eigenvalue weighted by molar-refractivity contribution is -0.119. The lowest BCUT2D eigenvalue weighted by atomic mass is 9.95. The molecule has 2 amide bonds. The molecule has 1 N–H and O–H groups in total. The number of ether oxygens (including phenoxy) is 1. The Hall–Kier alpha value is -2.86. The van der Waals surface area contributed by atoms with E-state index in [1.54, 1.807) is 12.1 Å². The third-order valence-electron chi connectivity index (χ3n) is 6.37. The number of carbonyl (C=O) groups excluding carboxylic acids is 2. The van der Waals surface area contributed by atoms with Crippen LogP contribution in [0.15, 0.2) is 18.2 Å². The first-order valence-corrected chi connectivity index (χ1v) is 10.3. The highest BCUT2D eigenvalue weighted by Gasteiger charge is 2.46. The van der Waals surface area contributed by atoms with E-state index >= 15 is 4.39 Å². The molecular formula is C21H26FN5O3. The Morgan fingerprint density at radius 2 is 2.23 bits per heavy atom. The molecule has 0 aliphatic carbocycles. The van der Waals surface area contributed by atoms with Crippen molar-refractivity contribution in [3.05, 3.63) is 24.0 Å². The number of nitriles is 1. The first-order chi connectivity index (χ1) is 14.4. The second-order valence-electron chi connectivity index (χ2n) is 8.27. The molecule has 1 unspecified atom stereocenters. The molecule has 160 valence electrons. The number of nitrogens with one attached hydrogen (secondary N) is 1. The molecule has 2 atom stereocenters. The molecule has 0 aromatic heterocycles. The van der Waals surface area contributed by atoms with Crippen molar-refractivity contribution in [3.63, 3.8) is 0 Å². The zero-order valence-electron chi connectivity index (χ0n) is 17.1. The van der Waals surface area contributed by atoms with Gasteiger partial charge in [0.05, 0.1) is 37.1 Å². The monoisotopic (exact) mass is 415 g/mol. The Morgan fingerprint density at radius 1 is 1.40 bits per heavy atom. The maximum absolute atomic E-state index is 15.0. The largest absolute Gasteiger partial charge is 0.442 e. The Morgan fingerprint density at radius 3 is 2.97 bits per heavy atom. The molecule has 30 heavy (non-hydrogen) atoms. The van der Waals surface area contributed by atoms with Gasteiger partial charge in [-0.25, -0.2) is 9.18 Å². The number of benzene rings is 1. The maximum Gasteiger partial charge on any atom is 0.414 e. The lowest BCUT2D eigenvalue weighted by Gasteiger charge is -2.33. The highest BCUT2D eigenvalue weighted by Crippen LogP contribution is 2.40. The highest BCUT2D eigenvalue weighted by molar-refractivity contribution is 5.90. The van der Waals surface area contributed by atoms with Gasteiger partial charge in [0.15, 0.2) is 0 Å². The van der Waals surface area contributed by atoms with Crippen LogP contribution in [0.25, 0.3) is 0 Å². The number of likely N-dealkylation sites (tertiary alicyclic amines) is 1. The van der Waals surface area contributed by atoms with Gasteiger partial charge in [0, 0.05) is 25.6 Å². The summed E-state index contributed by atoms with van der Waals surface area (Å²) >= 11 is 0. The van der Waals surface area contributed by atoms with Crippen molar-refractivity contribution >= 4 is 23.4 Å². The van der Waals surface area contributed by atoms with E-state index in [0.717, 1.165) is 32.4 Å². The third-order valence-corrected chi connectivity index (χ3v) is 6.37. The van der Waals surface area contributed by atoms with Crippen molar-refractivity contribution in [1.29, 1.82) is 5.26 Å². The molecule has 3 saturated heterocycles. The van der Waals surface area contributed by atoms with Gasteiger partial charge in [-0.15, -0.1) is 0 Å². The van der Waals surface area contributed by atoms with Gasteiger partial charge in [-0.2, -0.15) is 5.26 Å². The number of hydrogen-bond donors (Lipinski definition) is 1. The summed E-state index contributed by atoms with van der Waals surface area (Å²) in [5.74, 6) is -0.577. The molecule has 1 aromatic rings. The number of cyclic esters (lactones) is 1. The van der Waals surface area contributed by atoms with Crippen LogP contribution in [-0.2, 0) is 9.53 Å². The van der Waals surface area contributed by atoms with E-state index in [4.69, 9.17) is 10.00 Å². The van der Waals surface area contributed by atoms with Crippen LogP contribution < -0.4 is 15.1 Å². The van der Waals surface area contributed by atoms with Gasteiger partial charge in [0.1, 0.15) is 11.9 Å². The van der Waals surface area contributed by atoms with Gasteiger partial charge < -0.3 is 15.0 Å². The van der Waals surface area contributed by atoms with Crippen molar-refractivity contribution < 1.29 is 18.7 Å². The first kappa shape index (κ1) is 20.4. The van der Waals surface area contributed by atoms with E-state index in [1.165, 1.54) is 17.9 Å². The molecular weight excluding hydrogens is 389 g/mol. The van der Waals surface area contributed by atoms with Crippen molar-refractivity contribution in [3.8, 4) is 6.07 Å². The van der Waals surface area contributed by atoms with Crippen LogP contribution in [0.2, 0.25) is 0 Å². The number of nitrogens with zero attached hydrogens (tertiary/aromatic N) is 4. The summed E-state index contributed by atoms with van der Waals surface area (Å²) in [5.41, 5.74) is 0.908. The van der Waals surface area contributed by atoms with Crippen LogP contribution in [-0.4, -0.2) is 67.8 Å². The Kier molecular flexibility index (Phi) is 5.52. The smallest absolute Gasteiger partial charge is 0.414 e. The molecule has 4 rings (SSSR count). The van der Waals surface area contributed by atoms with Gasteiger partial charge in [-0.3, -0.25) is 14.6 Å². The van der Waals surface area contributed by atoms with E-state index in [-0.39, 0.29) is 30.4 Å². The van der Waals surface area contributed by atoms with Crippen molar-refractivity contribution in [2.75, 3.05) is 49.1 Å². The summed E-state index contributed by atoms with van der Waals surface area (Å²) < 4.78 is 20.3. The van der Waals surface area contributed by atoms with E-state index in [1.807, 2.05) is 4.90 Å². The summed E-state index contributed by atoms with van der Waals surface area (Å²) in [4.78, 5) is 28.9. The van der Waals surface area contributed by atoms with Crippen molar-refractivity contribution in [2.45, 2.75) is 37.8 Å². The van der Waals surface area contributed by atoms with E-state index < -0.39 is 12.2 Å². The Balaban J connectivity index is 1.45. The van der Waals surface area contributed by atoms with Crippen LogP contribution in [0.4, 0.5) is 20.6 Å². The molecule has 3 fully saturated rings. The highest BCUT2D eigenvalue weighted by atomic mass is 19.1. The second-order valence-corrected chi connectivity index (χ2v) is 8.27. The zero-order valence-corrected chi connectivity index (χ0v) is 17.1. The number of amides is 2. The number of halogens is 1. The number of anilines is 2. The zero-order chi connectivity index (χ0) is 21.3. The van der Waals surface area contributed by atoms with Gasteiger partial charge in [-0.05, 0) is 44.0 Å². The number of carbonyl (C=O) groups is 2. The fourth-order valence-electron chi connectivity index (χ4n) is 4.87. The van der Waals surface area contributed by atoms with Crippen LogP contribution >= 0.6 is 0 Å². The summed E-state index contributed by atoms with van der Waals surface area (Å²) in [5, 5.41) is 11.7. The van der Waals surface area contributed by atoms with E-state index in [9.17, 15) is 9.59 Å². The fourth-order valence-corrected chi connectivity index (χ4v) is 4.87. The van der Waals surface area contributed by atoms with E-state index in [0.29, 0.717) is 24.5 Å². The van der Waals surface area contributed by atoms with Crippen LogP contribution in [0.3, 0.4) is 0 Å². The minimum atomic E-state index is -0.546. The minimum absolute atomic E-state index is 0.0451. The molecule has 8 nitrogen and oxygen atoms in total.